The Labute approximate surface area is 67.7 Å². The summed E-state index contributed by atoms with van der Waals surface area (Å²) in [5.41, 5.74) is 0.892. The molecule has 1 aromatic carbocycles. The van der Waals surface area contributed by atoms with Gasteiger partial charge in [-0.25, -0.2) is 0 Å². The van der Waals surface area contributed by atoms with Crippen LogP contribution in [0.3, 0.4) is 0 Å². The smallest absolute Gasteiger partial charge is 0.0522 e. The van der Waals surface area contributed by atoms with Gasteiger partial charge in [0.2, 0.25) is 0 Å². The first-order chi connectivity index (χ1) is 5.17. The summed E-state index contributed by atoms with van der Waals surface area (Å²) in [6, 6.07) is 10.8. The Morgan fingerprint density at radius 1 is 1.45 bits per heavy atom. The first-order valence-electron chi connectivity index (χ1n) is 3.75. The Kier molecular flexibility index (Phi) is 2.30. The molecule has 0 heterocycles. The maximum atomic E-state index is 9.03. The zero-order valence-electron chi connectivity index (χ0n) is 6.96. The van der Waals surface area contributed by atoms with Gasteiger partial charge in [0.1, 0.15) is 0 Å². The highest BCUT2D eigenvalue weighted by Gasteiger charge is 2.18. The lowest BCUT2D eigenvalue weighted by molar-refractivity contribution is 0.218. The number of hydrogen-bond donors (Lipinski definition) is 1. The van der Waals surface area contributed by atoms with Crippen molar-refractivity contribution in [3.63, 3.8) is 0 Å². The van der Waals surface area contributed by atoms with Gasteiger partial charge in [-0.2, -0.15) is 0 Å². The molecule has 1 aromatic rings. The van der Waals surface area contributed by atoms with Crippen molar-refractivity contribution < 1.29 is 5.11 Å². The molecule has 0 aliphatic heterocycles. The molecule has 59 valence electrons. The van der Waals surface area contributed by atoms with Crippen molar-refractivity contribution in [3.8, 4) is 0 Å². The minimum absolute atomic E-state index is 0.160. The van der Waals surface area contributed by atoms with Crippen LogP contribution in [0.25, 0.3) is 0 Å². The molecule has 0 aromatic heterocycles. The van der Waals surface area contributed by atoms with E-state index >= 15 is 0 Å². The van der Waals surface area contributed by atoms with Crippen LogP contribution in [0.1, 0.15) is 19.4 Å². The number of rotatable bonds is 2. The van der Waals surface area contributed by atoms with Crippen LogP contribution < -0.4 is 0 Å². The van der Waals surface area contributed by atoms with E-state index in [1.165, 1.54) is 0 Å². The molecule has 0 saturated carbocycles. The van der Waals surface area contributed by atoms with Gasteiger partial charge in [0.25, 0.3) is 0 Å². The third-order valence-corrected chi connectivity index (χ3v) is 1.83. The van der Waals surface area contributed by atoms with Gasteiger partial charge in [0, 0.05) is 5.41 Å². The maximum Gasteiger partial charge on any atom is 0.0522 e. The molecular weight excluding hydrogens is 136 g/mol. The summed E-state index contributed by atoms with van der Waals surface area (Å²) in [4.78, 5) is 0. The van der Waals surface area contributed by atoms with Gasteiger partial charge in [-0.3, -0.25) is 0 Å². The van der Waals surface area contributed by atoms with Gasteiger partial charge in [-0.15, -0.1) is 0 Å². The van der Waals surface area contributed by atoms with E-state index in [0.717, 1.165) is 5.56 Å². The second-order valence-electron chi connectivity index (χ2n) is 3.32. The molecular formula is C10H13O. The van der Waals surface area contributed by atoms with E-state index in [9.17, 15) is 0 Å². The minimum atomic E-state index is -0.165. The molecule has 0 aliphatic carbocycles. The average molecular weight is 149 g/mol. The first kappa shape index (κ1) is 8.28. The molecule has 1 nitrogen and oxygen atoms in total. The standard InChI is InChI=1S/C10H13O/c1-10(2,8-11)9-6-4-3-5-7-9/h3-6,11H,8H2,1-2H3. The van der Waals surface area contributed by atoms with E-state index < -0.39 is 0 Å². The van der Waals surface area contributed by atoms with Gasteiger partial charge < -0.3 is 5.11 Å². The van der Waals surface area contributed by atoms with Crippen molar-refractivity contribution in [1.29, 1.82) is 0 Å². The SMILES string of the molecule is CC(C)(CO)c1[c]cccc1. The van der Waals surface area contributed by atoms with Crippen molar-refractivity contribution in [2.75, 3.05) is 6.61 Å². The monoisotopic (exact) mass is 149 g/mol. The summed E-state index contributed by atoms with van der Waals surface area (Å²) < 4.78 is 0. The molecule has 1 rings (SSSR count). The summed E-state index contributed by atoms with van der Waals surface area (Å²) in [7, 11) is 0. The first-order valence-corrected chi connectivity index (χ1v) is 3.75. The fraction of sp³-hybridized carbons (Fsp3) is 0.400. The lowest BCUT2D eigenvalue weighted by Gasteiger charge is -2.21. The van der Waals surface area contributed by atoms with Crippen LogP contribution in [-0.4, -0.2) is 11.7 Å². The molecule has 0 bridgehead atoms. The number of hydrogen-bond acceptors (Lipinski definition) is 1. The number of benzene rings is 1. The van der Waals surface area contributed by atoms with Crippen molar-refractivity contribution in [2.45, 2.75) is 19.3 Å². The predicted octanol–water partition coefficient (Wildman–Crippen LogP) is 1.76. The summed E-state index contributed by atoms with van der Waals surface area (Å²) in [5, 5.41) is 9.03. The second kappa shape index (κ2) is 3.05. The van der Waals surface area contributed by atoms with Gasteiger partial charge in [-0.05, 0) is 11.6 Å². The Morgan fingerprint density at radius 2 is 2.18 bits per heavy atom. The van der Waals surface area contributed by atoms with Crippen molar-refractivity contribution >= 4 is 0 Å². The molecule has 0 amide bonds. The van der Waals surface area contributed by atoms with E-state index in [4.69, 9.17) is 5.11 Å². The molecule has 0 spiro atoms. The minimum Gasteiger partial charge on any atom is -0.395 e. The van der Waals surface area contributed by atoms with Crippen molar-refractivity contribution in [3.05, 3.63) is 35.9 Å². The number of aliphatic hydroxyl groups excluding tert-OH is 1. The molecule has 0 fully saturated rings. The van der Waals surface area contributed by atoms with E-state index in [0.29, 0.717) is 0 Å². The predicted molar refractivity (Wildman–Crippen MR) is 45.4 cm³/mol. The topological polar surface area (TPSA) is 20.2 Å². The Bertz CT molecular complexity index is 214. The van der Waals surface area contributed by atoms with Gasteiger partial charge in [0.05, 0.1) is 6.61 Å². The Morgan fingerprint density at radius 3 is 2.64 bits per heavy atom. The molecule has 0 atom stereocenters. The highest BCUT2D eigenvalue weighted by molar-refractivity contribution is 5.21. The fourth-order valence-electron chi connectivity index (χ4n) is 0.899. The van der Waals surface area contributed by atoms with Crippen molar-refractivity contribution in [1.82, 2.24) is 0 Å². The molecule has 0 aliphatic rings. The molecule has 0 unspecified atom stereocenters. The quantitative estimate of drug-likeness (QED) is 0.679. The van der Waals surface area contributed by atoms with Crippen LogP contribution >= 0.6 is 0 Å². The summed E-state index contributed by atoms with van der Waals surface area (Å²) in [5.74, 6) is 0. The molecule has 0 saturated heterocycles. The van der Waals surface area contributed by atoms with E-state index in [2.05, 4.69) is 6.07 Å². The van der Waals surface area contributed by atoms with Crippen LogP contribution in [0.2, 0.25) is 0 Å². The maximum absolute atomic E-state index is 9.03. The summed E-state index contributed by atoms with van der Waals surface area (Å²) in [6.45, 7) is 4.16. The summed E-state index contributed by atoms with van der Waals surface area (Å²) in [6.07, 6.45) is 0. The molecule has 11 heavy (non-hydrogen) atoms. The second-order valence-corrected chi connectivity index (χ2v) is 3.32. The van der Waals surface area contributed by atoms with Crippen LogP contribution in [0.15, 0.2) is 24.3 Å². The third kappa shape index (κ3) is 1.81. The van der Waals surface area contributed by atoms with Gasteiger partial charge in [0.15, 0.2) is 0 Å². The van der Waals surface area contributed by atoms with Crippen LogP contribution in [-0.2, 0) is 5.41 Å². The zero-order valence-corrected chi connectivity index (χ0v) is 6.96. The summed E-state index contributed by atoms with van der Waals surface area (Å²) >= 11 is 0. The van der Waals surface area contributed by atoms with Crippen LogP contribution in [0.4, 0.5) is 0 Å². The molecule has 1 N–H and O–H groups in total. The number of aliphatic hydroxyl groups is 1. The Hall–Kier alpha value is -0.820. The van der Waals surface area contributed by atoms with Crippen LogP contribution in [0, 0.1) is 6.07 Å². The highest BCUT2D eigenvalue weighted by Crippen LogP contribution is 2.20. The van der Waals surface area contributed by atoms with Gasteiger partial charge in [-0.1, -0.05) is 38.1 Å². The van der Waals surface area contributed by atoms with E-state index in [-0.39, 0.29) is 12.0 Å². The normalized spacial score (nSPS) is 11.5. The highest BCUT2D eigenvalue weighted by atomic mass is 16.3. The zero-order chi connectivity index (χ0) is 8.32. The third-order valence-electron chi connectivity index (χ3n) is 1.83. The average Bonchev–Trinajstić information content (AvgIpc) is 2.06. The lowest BCUT2D eigenvalue weighted by atomic mass is 9.86. The van der Waals surface area contributed by atoms with E-state index in [1.807, 2.05) is 38.1 Å². The van der Waals surface area contributed by atoms with Crippen LogP contribution in [0.5, 0.6) is 0 Å². The van der Waals surface area contributed by atoms with E-state index in [1.54, 1.807) is 0 Å². The largest absolute Gasteiger partial charge is 0.395 e. The molecule has 1 heteroatoms. The molecule has 1 radical (unpaired) electrons. The van der Waals surface area contributed by atoms with Crippen molar-refractivity contribution in [2.24, 2.45) is 0 Å². The lowest BCUT2D eigenvalue weighted by Crippen LogP contribution is -2.21. The fourth-order valence-corrected chi connectivity index (χ4v) is 0.899. The Balaban J connectivity index is 2.93. The van der Waals surface area contributed by atoms with Gasteiger partial charge >= 0.3 is 0 Å².